The standard InChI is InChI=1S/C82H52/c1-5-29-53(30-6-1)73-57-37-13-21-45-65(57)77(66-46-22-14-38-58(66)73)81(78-67-47-23-15-39-59(67)74(54-31-7-2-8-32-54)60-40-16-24-48-68(60)78)82(79-69-49-25-17-41-61(69)75(55-33-9-3-10-34-55)62-42-18-26-50-70(62)79)80-71-51-27-19-43-63(71)76(56-35-11-4-12-36-56)64-44-20-28-52-72(64)80/h1-52H. The zero-order chi connectivity index (χ0) is 54.1. The minimum absolute atomic E-state index is 1.18. The van der Waals surface area contributed by atoms with E-state index in [1.54, 1.807) is 0 Å². The second-order valence-electron chi connectivity index (χ2n) is 21.6. The van der Waals surface area contributed by atoms with Crippen LogP contribution in [0, 0.1) is 0 Å². The highest BCUT2D eigenvalue weighted by atomic mass is 14.3. The normalized spacial score (nSPS) is 11.7. The Balaban J connectivity index is 1.26. The minimum Gasteiger partial charge on any atom is -0.0622 e. The Morgan fingerprint density at radius 1 is 0.122 bits per heavy atom. The third-order valence-electron chi connectivity index (χ3n) is 17.2. The monoisotopic (exact) mass is 1040 g/mol. The van der Waals surface area contributed by atoms with Crippen LogP contribution in [0.2, 0.25) is 0 Å². The zero-order valence-electron chi connectivity index (χ0n) is 45.0. The van der Waals surface area contributed by atoms with Crippen molar-refractivity contribution in [3.05, 3.63) is 338 Å². The Bertz CT molecular complexity index is 4340. The number of hydrogen-bond donors (Lipinski definition) is 0. The third kappa shape index (κ3) is 7.39. The fourth-order valence-corrected chi connectivity index (χ4v) is 14.0. The molecule has 0 unspecified atom stereocenters. The molecule has 0 aliphatic carbocycles. The predicted octanol–water partition coefficient (Wildman–Crippen LogP) is 22.6. The summed E-state index contributed by atoms with van der Waals surface area (Å²) in [5.41, 5.74) is 16.9. The van der Waals surface area contributed by atoms with Gasteiger partial charge in [-0.25, -0.2) is 0 Å². The van der Waals surface area contributed by atoms with Gasteiger partial charge in [0.05, 0.1) is 0 Å². The Kier molecular flexibility index (Phi) is 11.3. The SMILES string of the molecule is c1ccc(-c2c3ccccc3c(C(=C(c3c4ccccc4c(-c4ccccc4)c4ccccc34)c3c4ccccc4c(-c4ccccc4)c4ccccc34)c3c4ccccc4c(-c4ccccc4)c4ccccc34)c3ccccc23)cc1. The summed E-state index contributed by atoms with van der Waals surface area (Å²) in [4.78, 5) is 0. The summed E-state index contributed by atoms with van der Waals surface area (Å²) < 4.78 is 0. The van der Waals surface area contributed by atoms with E-state index < -0.39 is 0 Å². The summed E-state index contributed by atoms with van der Waals surface area (Å²) in [6, 6.07) is 118. The van der Waals surface area contributed by atoms with Gasteiger partial charge in [-0.05, 0) is 164 Å². The van der Waals surface area contributed by atoms with Gasteiger partial charge < -0.3 is 0 Å². The van der Waals surface area contributed by atoms with Crippen LogP contribution < -0.4 is 0 Å². The van der Waals surface area contributed by atoms with Gasteiger partial charge in [-0.1, -0.05) is 315 Å². The summed E-state index contributed by atoms with van der Waals surface area (Å²) in [6.07, 6.45) is 0. The Hall–Kier alpha value is -10.7. The second-order valence-corrected chi connectivity index (χ2v) is 21.6. The molecule has 0 fully saturated rings. The summed E-state index contributed by atoms with van der Waals surface area (Å²) in [6.45, 7) is 0. The number of fused-ring (bicyclic) bond motifs is 8. The van der Waals surface area contributed by atoms with Crippen LogP contribution in [0.4, 0.5) is 0 Å². The molecule has 380 valence electrons. The lowest BCUT2D eigenvalue weighted by Gasteiger charge is -2.29. The lowest BCUT2D eigenvalue weighted by Crippen LogP contribution is -2.05. The molecule has 0 N–H and O–H groups in total. The first-order valence-corrected chi connectivity index (χ1v) is 28.5. The molecule has 0 aromatic heterocycles. The molecule has 0 nitrogen and oxygen atoms in total. The average molecular weight is 1040 g/mol. The number of benzene rings is 16. The maximum Gasteiger partial charge on any atom is -0.0000937 e. The molecule has 0 aliphatic rings. The van der Waals surface area contributed by atoms with Gasteiger partial charge in [0.25, 0.3) is 0 Å². The van der Waals surface area contributed by atoms with Gasteiger partial charge in [-0.3, -0.25) is 0 Å². The Morgan fingerprint density at radius 3 is 0.390 bits per heavy atom. The lowest BCUT2D eigenvalue weighted by atomic mass is 9.73. The molecular weight excluding hydrogens is 985 g/mol. The van der Waals surface area contributed by atoms with Crippen LogP contribution in [-0.2, 0) is 0 Å². The minimum atomic E-state index is 1.18. The smallest absolute Gasteiger partial charge is 0.0000937 e. The van der Waals surface area contributed by atoms with Crippen LogP contribution in [0.5, 0.6) is 0 Å². The van der Waals surface area contributed by atoms with Gasteiger partial charge in [0.2, 0.25) is 0 Å². The van der Waals surface area contributed by atoms with E-state index in [2.05, 4.69) is 315 Å². The van der Waals surface area contributed by atoms with Gasteiger partial charge >= 0.3 is 0 Å². The maximum absolute atomic E-state index is 2.40. The van der Waals surface area contributed by atoms with Gasteiger partial charge in [-0.2, -0.15) is 0 Å². The molecule has 16 aromatic carbocycles. The molecule has 0 heterocycles. The molecule has 16 rings (SSSR count). The molecule has 0 aliphatic heterocycles. The van der Waals surface area contributed by atoms with Gasteiger partial charge in [0.15, 0.2) is 0 Å². The van der Waals surface area contributed by atoms with Crippen molar-refractivity contribution in [2.45, 2.75) is 0 Å². The Labute approximate surface area is 476 Å². The second kappa shape index (κ2) is 19.6. The van der Waals surface area contributed by atoms with E-state index >= 15 is 0 Å². The van der Waals surface area contributed by atoms with Crippen molar-refractivity contribution in [1.82, 2.24) is 0 Å². The van der Waals surface area contributed by atoms with Crippen LogP contribution in [0.3, 0.4) is 0 Å². The van der Waals surface area contributed by atoms with Crippen LogP contribution in [0.15, 0.2) is 315 Å². The van der Waals surface area contributed by atoms with Crippen molar-refractivity contribution < 1.29 is 0 Å². The van der Waals surface area contributed by atoms with E-state index in [4.69, 9.17) is 0 Å². The van der Waals surface area contributed by atoms with E-state index in [1.165, 1.54) is 164 Å². The van der Waals surface area contributed by atoms with Crippen molar-refractivity contribution in [2.24, 2.45) is 0 Å². The largest absolute Gasteiger partial charge is 0.0622 e. The van der Waals surface area contributed by atoms with Crippen LogP contribution in [0.25, 0.3) is 142 Å². The van der Waals surface area contributed by atoms with E-state index in [-0.39, 0.29) is 0 Å². The molecule has 0 saturated heterocycles. The highest BCUT2D eigenvalue weighted by Crippen LogP contribution is 2.56. The van der Waals surface area contributed by atoms with Crippen molar-refractivity contribution in [3.63, 3.8) is 0 Å². The molecule has 0 spiro atoms. The molecule has 0 bridgehead atoms. The fourth-order valence-electron chi connectivity index (χ4n) is 14.0. The van der Waals surface area contributed by atoms with Gasteiger partial charge in [-0.15, -0.1) is 0 Å². The molecular formula is C82H52. The third-order valence-corrected chi connectivity index (χ3v) is 17.2. The molecule has 0 radical (unpaired) electrons. The molecule has 0 atom stereocenters. The summed E-state index contributed by atoms with van der Waals surface area (Å²) in [7, 11) is 0. The quantitative estimate of drug-likeness (QED) is 0.105. The zero-order valence-corrected chi connectivity index (χ0v) is 45.0. The van der Waals surface area contributed by atoms with Crippen LogP contribution >= 0.6 is 0 Å². The van der Waals surface area contributed by atoms with Crippen molar-refractivity contribution >= 4 is 97.3 Å². The van der Waals surface area contributed by atoms with E-state index in [1.807, 2.05) is 0 Å². The highest BCUT2D eigenvalue weighted by molar-refractivity contribution is 6.35. The van der Waals surface area contributed by atoms with Gasteiger partial charge in [0.1, 0.15) is 0 Å². The van der Waals surface area contributed by atoms with E-state index in [0.29, 0.717) is 0 Å². The fraction of sp³-hybridized carbons (Fsp3) is 0. The first-order chi connectivity index (χ1) is 40.8. The topological polar surface area (TPSA) is 0 Å². The van der Waals surface area contributed by atoms with E-state index in [0.717, 1.165) is 0 Å². The molecule has 16 aromatic rings. The maximum atomic E-state index is 2.40. The first-order valence-electron chi connectivity index (χ1n) is 28.5. The molecule has 0 heteroatoms. The van der Waals surface area contributed by atoms with Crippen molar-refractivity contribution in [1.29, 1.82) is 0 Å². The first kappa shape index (κ1) is 47.3. The van der Waals surface area contributed by atoms with Crippen LogP contribution in [0.1, 0.15) is 22.3 Å². The average Bonchev–Trinajstić information content (AvgIpc) is 3.18. The lowest BCUT2D eigenvalue weighted by molar-refractivity contribution is 1.61. The number of hydrogen-bond acceptors (Lipinski definition) is 0. The molecule has 82 heavy (non-hydrogen) atoms. The van der Waals surface area contributed by atoms with Crippen LogP contribution in [-0.4, -0.2) is 0 Å². The summed E-state index contributed by atoms with van der Waals surface area (Å²) in [5, 5.41) is 19.2. The molecule has 0 saturated carbocycles. The highest BCUT2D eigenvalue weighted by Gasteiger charge is 2.32. The van der Waals surface area contributed by atoms with Crippen molar-refractivity contribution in [2.75, 3.05) is 0 Å². The van der Waals surface area contributed by atoms with Crippen molar-refractivity contribution in [3.8, 4) is 44.5 Å². The van der Waals surface area contributed by atoms with Gasteiger partial charge in [0, 0.05) is 0 Å². The summed E-state index contributed by atoms with van der Waals surface area (Å²) >= 11 is 0. The molecule has 0 amide bonds. The van der Waals surface area contributed by atoms with E-state index in [9.17, 15) is 0 Å². The number of rotatable bonds is 8. The Morgan fingerprint density at radius 2 is 0.244 bits per heavy atom. The summed E-state index contributed by atoms with van der Waals surface area (Å²) in [5.74, 6) is 0. The predicted molar refractivity (Wildman–Crippen MR) is 353 cm³/mol.